The van der Waals surface area contributed by atoms with E-state index in [0.29, 0.717) is 17.0 Å². The van der Waals surface area contributed by atoms with Crippen molar-refractivity contribution >= 4 is 11.0 Å². The summed E-state index contributed by atoms with van der Waals surface area (Å²) < 4.78 is 1.82. The van der Waals surface area contributed by atoms with Crippen molar-refractivity contribution in [2.75, 3.05) is 0 Å². The first-order chi connectivity index (χ1) is 9.20. The number of aryl methyl sites for hydroxylation is 1. The van der Waals surface area contributed by atoms with Gasteiger partial charge in [-0.25, -0.2) is 4.98 Å². The van der Waals surface area contributed by atoms with Crippen LogP contribution in [0.1, 0.15) is 5.56 Å². The van der Waals surface area contributed by atoms with Gasteiger partial charge in [0.1, 0.15) is 5.82 Å². The first-order valence-corrected chi connectivity index (χ1v) is 5.75. The van der Waals surface area contributed by atoms with Gasteiger partial charge in [-0.3, -0.25) is 4.79 Å². The van der Waals surface area contributed by atoms with E-state index in [2.05, 4.69) is 16.0 Å². The molecule has 0 aliphatic carbocycles. The Morgan fingerprint density at radius 1 is 1.37 bits per heavy atom. The number of rotatable bonds is 1. The van der Waals surface area contributed by atoms with Crippen molar-refractivity contribution < 1.29 is 0 Å². The first kappa shape index (κ1) is 11.2. The lowest BCUT2D eigenvalue weighted by molar-refractivity contribution is 0.955. The highest BCUT2D eigenvalue weighted by Crippen LogP contribution is 2.21. The number of aromatic nitrogens is 3. The van der Waals surface area contributed by atoms with Gasteiger partial charge in [-0.05, 0) is 18.2 Å². The zero-order valence-corrected chi connectivity index (χ0v) is 10.2. The molecule has 0 atom stereocenters. The van der Waals surface area contributed by atoms with Crippen LogP contribution in [0, 0.1) is 11.3 Å². The molecule has 2 heterocycles. The molecule has 3 rings (SSSR count). The molecule has 0 aliphatic heterocycles. The summed E-state index contributed by atoms with van der Waals surface area (Å²) in [7, 11) is 1.83. The van der Waals surface area contributed by atoms with E-state index in [9.17, 15) is 4.79 Å². The van der Waals surface area contributed by atoms with Crippen LogP contribution in [-0.2, 0) is 7.05 Å². The number of imidazole rings is 1. The molecular weight excluding hydrogens is 240 g/mol. The molecule has 0 bridgehead atoms. The average molecular weight is 250 g/mol. The molecule has 0 saturated heterocycles. The molecule has 0 amide bonds. The highest BCUT2D eigenvalue weighted by molar-refractivity contribution is 5.81. The smallest absolute Gasteiger partial charge is 0.192 e. The molecule has 0 saturated carbocycles. The van der Waals surface area contributed by atoms with Gasteiger partial charge in [-0.1, -0.05) is 0 Å². The normalized spacial score (nSPS) is 10.5. The fourth-order valence-corrected chi connectivity index (χ4v) is 2.09. The fraction of sp³-hybridized carbons (Fsp3) is 0.0714. The minimum absolute atomic E-state index is 0.0855. The molecule has 92 valence electrons. The Morgan fingerprint density at radius 2 is 2.21 bits per heavy atom. The van der Waals surface area contributed by atoms with Crippen LogP contribution in [0.15, 0.2) is 41.5 Å². The molecule has 1 N–H and O–H groups in total. The number of nitrogens with one attached hydrogen (secondary N) is 1. The van der Waals surface area contributed by atoms with Crippen LogP contribution in [-0.4, -0.2) is 14.5 Å². The van der Waals surface area contributed by atoms with Gasteiger partial charge in [0.2, 0.25) is 0 Å². The summed E-state index contributed by atoms with van der Waals surface area (Å²) in [5.41, 5.74) is 2.60. The predicted octanol–water partition coefficient (Wildman–Crippen LogP) is 1.80. The monoisotopic (exact) mass is 250 g/mol. The van der Waals surface area contributed by atoms with E-state index in [1.165, 1.54) is 6.07 Å². The summed E-state index contributed by atoms with van der Waals surface area (Å²) in [6.45, 7) is 0. The van der Waals surface area contributed by atoms with Crippen molar-refractivity contribution in [3.05, 3.63) is 52.4 Å². The lowest BCUT2D eigenvalue weighted by atomic mass is 10.2. The zero-order chi connectivity index (χ0) is 13.4. The van der Waals surface area contributed by atoms with E-state index in [1.807, 2.05) is 11.6 Å². The Hall–Kier alpha value is -2.87. The summed E-state index contributed by atoms with van der Waals surface area (Å²) >= 11 is 0. The zero-order valence-electron chi connectivity index (χ0n) is 10.2. The van der Waals surface area contributed by atoms with Gasteiger partial charge in [0, 0.05) is 25.5 Å². The van der Waals surface area contributed by atoms with Crippen LogP contribution < -0.4 is 5.43 Å². The SMILES string of the molecule is Cn1c(-c2c[nH]ccc2=O)nc2ccc(C#N)cc21. The number of aromatic amines is 1. The van der Waals surface area contributed by atoms with Gasteiger partial charge in [0.15, 0.2) is 5.43 Å². The maximum atomic E-state index is 11.8. The highest BCUT2D eigenvalue weighted by Gasteiger charge is 2.12. The van der Waals surface area contributed by atoms with Crippen molar-refractivity contribution in [2.24, 2.45) is 7.05 Å². The van der Waals surface area contributed by atoms with Gasteiger partial charge in [-0.15, -0.1) is 0 Å². The third-order valence-corrected chi connectivity index (χ3v) is 3.07. The Labute approximate surface area is 108 Å². The van der Waals surface area contributed by atoms with E-state index >= 15 is 0 Å². The van der Waals surface area contributed by atoms with E-state index < -0.39 is 0 Å². The second-order valence-corrected chi connectivity index (χ2v) is 4.23. The van der Waals surface area contributed by atoms with Gasteiger partial charge in [-0.2, -0.15) is 5.26 Å². The standard InChI is InChI=1S/C14H10N4O/c1-18-12-6-9(7-15)2-3-11(12)17-14(18)10-8-16-5-4-13(10)19/h2-6,8H,1H3,(H,16,19). The van der Waals surface area contributed by atoms with Gasteiger partial charge < -0.3 is 9.55 Å². The Kier molecular flexibility index (Phi) is 2.43. The molecule has 0 aliphatic rings. The van der Waals surface area contributed by atoms with Crippen molar-refractivity contribution in [1.29, 1.82) is 5.26 Å². The largest absolute Gasteiger partial charge is 0.367 e. The number of nitriles is 1. The second kappa shape index (κ2) is 4.10. The Balaban J connectivity index is 2.33. The van der Waals surface area contributed by atoms with Crippen molar-refractivity contribution in [3.63, 3.8) is 0 Å². The minimum Gasteiger partial charge on any atom is -0.367 e. The van der Waals surface area contributed by atoms with Crippen LogP contribution in [0.3, 0.4) is 0 Å². The van der Waals surface area contributed by atoms with Crippen LogP contribution in [0.25, 0.3) is 22.4 Å². The Morgan fingerprint density at radius 3 is 2.95 bits per heavy atom. The number of nitrogens with zero attached hydrogens (tertiary/aromatic N) is 3. The molecule has 0 fully saturated rings. The number of benzene rings is 1. The predicted molar refractivity (Wildman–Crippen MR) is 71.5 cm³/mol. The van der Waals surface area contributed by atoms with Crippen LogP contribution in [0.4, 0.5) is 0 Å². The quantitative estimate of drug-likeness (QED) is 0.715. The topological polar surface area (TPSA) is 74.5 Å². The summed E-state index contributed by atoms with van der Waals surface area (Å²) in [6.07, 6.45) is 3.22. The number of fused-ring (bicyclic) bond motifs is 1. The third-order valence-electron chi connectivity index (χ3n) is 3.07. The lowest BCUT2D eigenvalue weighted by Crippen LogP contribution is -2.06. The fourth-order valence-electron chi connectivity index (χ4n) is 2.09. The van der Waals surface area contributed by atoms with Crippen LogP contribution in [0.2, 0.25) is 0 Å². The van der Waals surface area contributed by atoms with E-state index in [0.717, 1.165) is 11.0 Å². The van der Waals surface area contributed by atoms with Crippen molar-refractivity contribution in [2.45, 2.75) is 0 Å². The first-order valence-electron chi connectivity index (χ1n) is 5.75. The van der Waals surface area contributed by atoms with E-state index in [1.54, 1.807) is 30.6 Å². The molecule has 0 unspecified atom stereocenters. The minimum atomic E-state index is -0.0855. The molecule has 5 heteroatoms. The van der Waals surface area contributed by atoms with Gasteiger partial charge in [0.25, 0.3) is 0 Å². The average Bonchev–Trinajstić information content (AvgIpc) is 2.76. The molecule has 2 aromatic heterocycles. The van der Waals surface area contributed by atoms with Gasteiger partial charge in [0.05, 0.1) is 28.2 Å². The molecular formula is C14H10N4O. The highest BCUT2D eigenvalue weighted by atomic mass is 16.1. The third kappa shape index (κ3) is 1.70. The molecule has 19 heavy (non-hydrogen) atoms. The molecule has 3 aromatic rings. The van der Waals surface area contributed by atoms with Gasteiger partial charge >= 0.3 is 0 Å². The lowest BCUT2D eigenvalue weighted by Gasteiger charge is -2.01. The number of hydrogen-bond donors (Lipinski definition) is 1. The van der Waals surface area contributed by atoms with Crippen molar-refractivity contribution in [3.8, 4) is 17.5 Å². The molecule has 0 radical (unpaired) electrons. The van der Waals surface area contributed by atoms with Crippen molar-refractivity contribution in [1.82, 2.24) is 14.5 Å². The number of pyridine rings is 1. The maximum Gasteiger partial charge on any atom is 0.192 e. The number of hydrogen-bond acceptors (Lipinski definition) is 3. The summed E-state index contributed by atoms with van der Waals surface area (Å²) in [5.74, 6) is 0.590. The second-order valence-electron chi connectivity index (χ2n) is 4.23. The molecule has 0 spiro atoms. The maximum absolute atomic E-state index is 11.8. The summed E-state index contributed by atoms with van der Waals surface area (Å²) in [5, 5.41) is 8.92. The van der Waals surface area contributed by atoms with Crippen LogP contribution >= 0.6 is 0 Å². The van der Waals surface area contributed by atoms with E-state index in [4.69, 9.17) is 5.26 Å². The van der Waals surface area contributed by atoms with E-state index in [-0.39, 0.29) is 5.43 Å². The van der Waals surface area contributed by atoms with Crippen LogP contribution in [0.5, 0.6) is 0 Å². The summed E-state index contributed by atoms with van der Waals surface area (Å²) in [6, 6.07) is 8.84. The Bertz CT molecular complexity index is 867. The summed E-state index contributed by atoms with van der Waals surface area (Å²) in [4.78, 5) is 19.2. The number of H-pyrrole nitrogens is 1. The molecule has 5 nitrogen and oxygen atoms in total. The molecule has 1 aromatic carbocycles.